The van der Waals surface area contributed by atoms with Crippen LogP contribution >= 0.6 is 0 Å². The minimum absolute atomic E-state index is 0.822. The fraction of sp³-hybridized carbons (Fsp3) is 0.571. The van der Waals surface area contributed by atoms with Crippen LogP contribution in [0.4, 0.5) is 5.82 Å². The predicted octanol–water partition coefficient (Wildman–Crippen LogP) is 1.19. The second-order valence-electron chi connectivity index (χ2n) is 4.49. The van der Waals surface area contributed by atoms with Gasteiger partial charge in [-0.05, 0) is 26.0 Å². The fourth-order valence-electron chi connectivity index (χ4n) is 2.26. The van der Waals surface area contributed by atoms with Gasteiger partial charge in [-0.2, -0.15) is 0 Å². The van der Waals surface area contributed by atoms with E-state index in [-0.39, 0.29) is 0 Å². The number of piperazine rings is 1. The lowest BCUT2D eigenvalue weighted by Gasteiger charge is -2.37. The first-order valence-electron chi connectivity index (χ1n) is 7.04. The van der Waals surface area contributed by atoms with Crippen LogP contribution in [0.2, 0.25) is 0 Å². The molecule has 5 heteroatoms. The Morgan fingerprint density at radius 3 is 2.63 bits per heavy atom. The molecule has 1 N–H and O–H groups in total. The highest BCUT2D eigenvalue weighted by atomic mass is 15.4. The first kappa shape index (κ1) is 13.6. The molecule has 104 valence electrons. The fourth-order valence-corrected chi connectivity index (χ4v) is 2.26. The monoisotopic (exact) mass is 261 g/mol. The summed E-state index contributed by atoms with van der Waals surface area (Å²) in [5.74, 6) is 2.10. The summed E-state index contributed by atoms with van der Waals surface area (Å²) in [7, 11) is 0. The second kappa shape index (κ2) is 6.97. The Kier molecular flexibility index (Phi) is 5.01. The molecular formula is C14H23N5. The maximum Gasteiger partial charge on any atom is 0.194 e. The SMILES string of the molecule is CCN=C(NCC)N1CCN(c2ccccn2)CC1. The van der Waals surface area contributed by atoms with E-state index in [1.165, 1.54) is 0 Å². The zero-order valence-electron chi connectivity index (χ0n) is 11.8. The number of aliphatic imine (C=N–C) groups is 1. The summed E-state index contributed by atoms with van der Waals surface area (Å²) in [6.45, 7) is 9.87. The van der Waals surface area contributed by atoms with Crippen molar-refractivity contribution in [2.75, 3.05) is 44.2 Å². The number of pyridine rings is 1. The van der Waals surface area contributed by atoms with Crippen molar-refractivity contribution in [2.45, 2.75) is 13.8 Å². The molecule has 2 heterocycles. The summed E-state index contributed by atoms with van der Waals surface area (Å²) in [5, 5.41) is 3.35. The van der Waals surface area contributed by atoms with Crippen molar-refractivity contribution >= 4 is 11.8 Å². The van der Waals surface area contributed by atoms with Gasteiger partial charge in [0.05, 0.1) is 0 Å². The molecule has 0 radical (unpaired) electrons. The highest BCUT2D eigenvalue weighted by Gasteiger charge is 2.19. The first-order valence-corrected chi connectivity index (χ1v) is 7.04. The number of anilines is 1. The van der Waals surface area contributed by atoms with Gasteiger partial charge in [-0.1, -0.05) is 6.07 Å². The smallest absolute Gasteiger partial charge is 0.194 e. The molecule has 0 bridgehead atoms. The zero-order valence-corrected chi connectivity index (χ0v) is 11.8. The van der Waals surface area contributed by atoms with Crippen LogP contribution in [0, 0.1) is 0 Å². The van der Waals surface area contributed by atoms with Gasteiger partial charge in [-0.3, -0.25) is 4.99 Å². The molecule has 1 saturated heterocycles. The number of rotatable bonds is 3. The maximum atomic E-state index is 4.53. The number of aromatic nitrogens is 1. The summed E-state index contributed by atoms with van der Waals surface area (Å²) in [6, 6.07) is 6.06. The molecule has 0 aromatic carbocycles. The van der Waals surface area contributed by atoms with E-state index >= 15 is 0 Å². The molecule has 1 aromatic heterocycles. The number of nitrogens with zero attached hydrogens (tertiary/aromatic N) is 4. The Hall–Kier alpha value is -1.78. The predicted molar refractivity (Wildman–Crippen MR) is 79.7 cm³/mol. The molecule has 5 nitrogen and oxygen atoms in total. The lowest BCUT2D eigenvalue weighted by atomic mass is 10.3. The van der Waals surface area contributed by atoms with Crippen molar-refractivity contribution in [1.82, 2.24) is 15.2 Å². The van der Waals surface area contributed by atoms with Crippen LogP contribution < -0.4 is 10.2 Å². The van der Waals surface area contributed by atoms with Gasteiger partial charge in [-0.25, -0.2) is 4.98 Å². The van der Waals surface area contributed by atoms with E-state index in [9.17, 15) is 0 Å². The Balaban J connectivity index is 1.93. The Morgan fingerprint density at radius 1 is 1.26 bits per heavy atom. The third-order valence-corrected chi connectivity index (χ3v) is 3.20. The lowest BCUT2D eigenvalue weighted by molar-refractivity contribution is 0.372. The molecule has 2 rings (SSSR count). The van der Waals surface area contributed by atoms with Crippen molar-refractivity contribution in [3.63, 3.8) is 0 Å². The van der Waals surface area contributed by atoms with E-state index in [0.29, 0.717) is 0 Å². The molecule has 0 amide bonds. The molecule has 0 saturated carbocycles. The van der Waals surface area contributed by atoms with Crippen LogP contribution in [-0.4, -0.2) is 55.1 Å². The van der Waals surface area contributed by atoms with Gasteiger partial charge in [-0.15, -0.1) is 0 Å². The van der Waals surface area contributed by atoms with Crippen molar-refractivity contribution in [3.05, 3.63) is 24.4 Å². The highest BCUT2D eigenvalue weighted by molar-refractivity contribution is 5.80. The van der Waals surface area contributed by atoms with E-state index in [1.54, 1.807) is 0 Å². The molecule has 0 spiro atoms. The van der Waals surface area contributed by atoms with Crippen LogP contribution in [0.25, 0.3) is 0 Å². The van der Waals surface area contributed by atoms with E-state index in [2.05, 4.69) is 45.0 Å². The van der Waals surface area contributed by atoms with Gasteiger partial charge in [0, 0.05) is 45.5 Å². The first-order chi connectivity index (χ1) is 9.35. The molecular weight excluding hydrogens is 238 g/mol. The van der Waals surface area contributed by atoms with Crippen LogP contribution in [0.5, 0.6) is 0 Å². The van der Waals surface area contributed by atoms with Crippen LogP contribution in [0.1, 0.15) is 13.8 Å². The Labute approximate surface area is 115 Å². The summed E-state index contributed by atoms with van der Waals surface area (Å²) in [5.41, 5.74) is 0. The minimum atomic E-state index is 0.822. The van der Waals surface area contributed by atoms with Gasteiger partial charge in [0.25, 0.3) is 0 Å². The third kappa shape index (κ3) is 3.59. The average Bonchev–Trinajstić information content (AvgIpc) is 2.48. The number of hydrogen-bond acceptors (Lipinski definition) is 3. The van der Waals surface area contributed by atoms with Crippen molar-refractivity contribution in [1.29, 1.82) is 0 Å². The molecule has 1 aliphatic heterocycles. The normalized spacial score (nSPS) is 16.6. The number of nitrogens with one attached hydrogen (secondary N) is 1. The standard InChI is InChI=1S/C14H23N5/c1-3-15-14(16-4-2)19-11-9-18(10-12-19)13-7-5-6-8-17-13/h5-8H,3-4,9-12H2,1-2H3,(H,15,16). The molecule has 0 atom stereocenters. The summed E-state index contributed by atoms with van der Waals surface area (Å²) >= 11 is 0. The van der Waals surface area contributed by atoms with Crippen LogP contribution in [0.3, 0.4) is 0 Å². The minimum Gasteiger partial charge on any atom is -0.357 e. The van der Waals surface area contributed by atoms with Gasteiger partial charge in [0.2, 0.25) is 0 Å². The van der Waals surface area contributed by atoms with Gasteiger partial charge >= 0.3 is 0 Å². The Morgan fingerprint density at radius 2 is 2.05 bits per heavy atom. The quantitative estimate of drug-likeness (QED) is 0.656. The highest BCUT2D eigenvalue weighted by Crippen LogP contribution is 2.12. The second-order valence-corrected chi connectivity index (χ2v) is 4.49. The maximum absolute atomic E-state index is 4.53. The molecule has 19 heavy (non-hydrogen) atoms. The Bertz CT molecular complexity index is 396. The largest absolute Gasteiger partial charge is 0.357 e. The van der Waals surface area contributed by atoms with E-state index in [0.717, 1.165) is 51.0 Å². The summed E-state index contributed by atoms with van der Waals surface area (Å²) in [4.78, 5) is 13.6. The van der Waals surface area contributed by atoms with Crippen molar-refractivity contribution in [3.8, 4) is 0 Å². The average molecular weight is 261 g/mol. The molecule has 0 aliphatic carbocycles. The number of hydrogen-bond donors (Lipinski definition) is 1. The molecule has 1 aliphatic rings. The summed E-state index contributed by atoms with van der Waals surface area (Å²) < 4.78 is 0. The molecule has 0 unspecified atom stereocenters. The van der Waals surface area contributed by atoms with Crippen LogP contribution in [-0.2, 0) is 0 Å². The van der Waals surface area contributed by atoms with E-state index in [4.69, 9.17) is 0 Å². The van der Waals surface area contributed by atoms with Gasteiger partial charge < -0.3 is 15.1 Å². The van der Waals surface area contributed by atoms with Crippen molar-refractivity contribution in [2.24, 2.45) is 4.99 Å². The van der Waals surface area contributed by atoms with E-state index in [1.807, 2.05) is 18.3 Å². The third-order valence-electron chi connectivity index (χ3n) is 3.20. The molecule has 1 aromatic rings. The summed E-state index contributed by atoms with van der Waals surface area (Å²) in [6.07, 6.45) is 1.85. The lowest BCUT2D eigenvalue weighted by Crippen LogP contribution is -2.52. The number of guanidine groups is 1. The van der Waals surface area contributed by atoms with Gasteiger partial charge in [0.1, 0.15) is 5.82 Å². The van der Waals surface area contributed by atoms with Crippen LogP contribution in [0.15, 0.2) is 29.4 Å². The topological polar surface area (TPSA) is 43.8 Å². The zero-order chi connectivity index (χ0) is 13.5. The van der Waals surface area contributed by atoms with E-state index < -0.39 is 0 Å². The van der Waals surface area contributed by atoms with Crippen molar-refractivity contribution < 1.29 is 0 Å². The van der Waals surface area contributed by atoms with Gasteiger partial charge in [0.15, 0.2) is 5.96 Å². The molecule has 1 fully saturated rings.